The van der Waals surface area contributed by atoms with Crippen molar-refractivity contribution < 1.29 is 33.6 Å². The fourth-order valence-electron chi connectivity index (χ4n) is 4.29. The molecule has 38 heavy (non-hydrogen) atoms. The van der Waals surface area contributed by atoms with Crippen molar-refractivity contribution in [3.05, 3.63) is 76.4 Å². The molecule has 0 bridgehead atoms. The van der Waals surface area contributed by atoms with Crippen molar-refractivity contribution in [3.8, 4) is 23.0 Å². The summed E-state index contributed by atoms with van der Waals surface area (Å²) in [7, 11) is 5.93. The lowest BCUT2D eigenvalue weighted by Gasteiger charge is -2.17. The molecule has 0 amide bonds. The van der Waals surface area contributed by atoms with E-state index < -0.39 is 11.8 Å². The van der Waals surface area contributed by atoms with Gasteiger partial charge >= 0.3 is 5.97 Å². The van der Waals surface area contributed by atoms with Gasteiger partial charge in [0, 0.05) is 17.6 Å². The zero-order chi connectivity index (χ0) is 27.4. The number of aromatic nitrogens is 2. The van der Waals surface area contributed by atoms with E-state index in [1.807, 2.05) is 13.0 Å². The number of carboxylic acids is 1. The molecule has 1 aromatic heterocycles. The van der Waals surface area contributed by atoms with Crippen LogP contribution in [-0.4, -0.2) is 54.0 Å². The molecule has 0 aliphatic carbocycles. The number of carbonyl (C=O) groups excluding carboxylic acids is 1. The van der Waals surface area contributed by atoms with Gasteiger partial charge in [0.25, 0.3) is 0 Å². The van der Waals surface area contributed by atoms with Crippen LogP contribution in [0.2, 0.25) is 0 Å². The van der Waals surface area contributed by atoms with Crippen LogP contribution in [0.5, 0.6) is 23.0 Å². The van der Waals surface area contributed by atoms with Crippen LogP contribution in [-0.2, 0) is 11.2 Å². The highest BCUT2D eigenvalue weighted by molar-refractivity contribution is 7.00. The van der Waals surface area contributed by atoms with Crippen molar-refractivity contribution in [1.29, 1.82) is 0 Å². The van der Waals surface area contributed by atoms with Crippen molar-refractivity contribution in [2.24, 2.45) is 0 Å². The zero-order valence-electron chi connectivity index (χ0n) is 21.5. The van der Waals surface area contributed by atoms with Crippen LogP contribution in [0.3, 0.4) is 0 Å². The van der Waals surface area contributed by atoms with Gasteiger partial charge in [0.05, 0.1) is 45.7 Å². The highest BCUT2D eigenvalue weighted by Gasteiger charge is 2.26. The van der Waals surface area contributed by atoms with Crippen LogP contribution in [0.4, 0.5) is 0 Å². The van der Waals surface area contributed by atoms with E-state index >= 15 is 0 Å². The lowest BCUT2D eigenvalue weighted by atomic mass is 9.88. The molecule has 1 N–H and O–H groups in total. The Morgan fingerprint density at radius 2 is 1.45 bits per heavy atom. The number of carboxylic acid groups (broad SMARTS) is 1. The molecule has 9 nitrogen and oxygen atoms in total. The fraction of sp³-hybridized carbons (Fsp3) is 0.214. The average molecular weight is 535 g/mol. The molecular weight excluding hydrogens is 508 g/mol. The summed E-state index contributed by atoms with van der Waals surface area (Å²) in [5, 5.41) is 10.4. The van der Waals surface area contributed by atoms with Gasteiger partial charge in [-0.3, -0.25) is 4.79 Å². The summed E-state index contributed by atoms with van der Waals surface area (Å²) < 4.78 is 30.0. The molecule has 0 fully saturated rings. The lowest BCUT2D eigenvalue weighted by Crippen LogP contribution is -2.14. The summed E-state index contributed by atoms with van der Waals surface area (Å²) in [6.07, 6.45) is 0.0509. The first-order chi connectivity index (χ1) is 18.3. The highest BCUT2D eigenvalue weighted by atomic mass is 32.1. The molecule has 196 valence electrons. The predicted octanol–water partition coefficient (Wildman–Crippen LogP) is 5.00. The van der Waals surface area contributed by atoms with Crippen molar-refractivity contribution in [2.45, 2.75) is 13.3 Å². The van der Waals surface area contributed by atoms with E-state index in [9.17, 15) is 14.7 Å². The molecule has 0 unspecified atom stereocenters. The van der Waals surface area contributed by atoms with Gasteiger partial charge in [0.15, 0.2) is 17.3 Å². The number of fused-ring (bicyclic) bond motifs is 1. The first-order valence-electron chi connectivity index (χ1n) is 11.5. The molecule has 0 aliphatic heterocycles. The molecule has 4 rings (SSSR count). The molecule has 0 radical (unpaired) electrons. The van der Waals surface area contributed by atoms with Gasteiger partial charge in [-0.05, 0) is 53.9 Å². The summed E-state index contributed by atoms with van der Waals surface area (Å²) in [6, 6.07) is 13.4. The molecular formula is C28H26N2O7S. The Labute approximate surface area is 223 Å². The Morgan fingerprint density at radius 1 is 0.789 bits per heavy atom. The highest BCUT2D eigenvalue weighted by Crippen LogP contribution is 2.39. The number of allylic oxidation sites excluding steroid dienone is 1. The smallest absolute Gasteiger partial charge is 0.336 e. The fourth-order valence-corrected chi connectivity index (χ4v) is 4.81. The summed E-state index contributed by atoms with van der Waals surface area (Å²) >= 11 is 1.03. The van der Waals surface area contributed by atoms with Crippen molar-refractivity contribution in [2.75, 3.05) is 28.4 Å². The van der Waals surface area contributed by atoms with Crippen LogP contribution in [0.1, 0.15) is 27.0 Å². The van der Waals surface area contributed by atoms with E-state index in [1.165, 1.54) is 33.5 Å². The maximum Gasteiger partial charge on any atom is 0.336 e. The van der Waals surface area contributed by atoms with Crippen LogP contribution in [0, 0.1) is 6.92 Å². The number of methoxy groups -OCH3 is 4. The van der Waals surface area contributed by atoms with Gasteiger partial charge in [-0.1, -0.05) is 18.2 Å². The Hall–Kier alpha value is -4.44. The second-order valence-corrected chi connectivity index (χ2v) is 8.88. The third-order valence-electron chi connectivity index (χ3n) is 6.10. The minimum Gasteiger partial charge on any atom is -0.496 e. The molecule has 10 heteroatoms. The van der Waals surface area contributed by atoms with Crippen LogP contribution in [0.15, 0.2) is 54.1 Å². The molecule has 0 saturated carbocycles. The number of hydrogen-bond donors (Lipinski definition) is 1. The molecule has 4 aromatic rings. The molecule has 0 spiro atoms. The summed E-state index contributed by atoms with van der Waals surface area (Å²) in [5.74, 6) is -0.165. The van der Waals surface area contributed by atoms with E-state index in [4.69, 9.17) is 18.9 Å². The average Bonchev–Trinajstić information content (AvgIpc) is 3.39. The summed E-state index contributed by atoms with van der Waals surface area (Å²) in [6.45, 7) is 1.88. The number of carbonyl (C=O) groups is 2. The first kappa shape index (κ1) is 26.6. The largest absolute Gasteiger partial charge is 0.496 e. The molecule has 1 heterocycles. The maximum absolute atomic E-state index is 14.1. The van der Waals surface area contributed by atoms with E-state index in [2.05, 4.69) is 8.75 Å². The second-order valence-electron chi connectivity index (χ2n) is 8.35. The topological polar surface area (TPSA) is 117 Å². The lowest BCUT2D eigenvalue weighted by molar-refractivity contribution is -0.130. The predicted molar refractivity (Wildman–Crippen MR) is 144 cm³/mol. The zero-order valence-corrected chi connectivity index (χ0v) is 22.3. The Bertz CT molecular complexity index is 1530. The normalized spacial score (nSPS) is 11.6. The minimum absolute atomic E-state index is 0.0509. The maximum atomic E-state index is 14.1. The number of nitrogens with zero attached hydrogens (tertiary/aromatic N) is 2. The minimum atomic E-state index is -1.24. The number of ketones is 1. The Kier molecular flexibility index (Phi) is 7.92. The van der Waals surface area contributed by atoms with Crippen LogP contribution < -0.4 is 18.9 Å². The number of hydrogen-bond acceptors (Lipinski definition) is 9. The number of benzene rings is 3. The quantitative estimate of drug-likeness (QED) is 0.222. The van der Waals surface area contributed by atoms with Gasteiger partial charge < -0.3 is 24.1 Å². The molecule has 0 aliphatic rings. The van der Waals surface area contributed by atoms with Crippen molar-refractivity contribution in [1.82, 2.24) is 8.75 Å². The number of aliphatic carboxylic acids is 1. The Balaban J connectivity index is 1.95. The molecule has 0 atom stereocenters. The van der Waals surface area contributed by atoms with Crippen molar-refractivity contribution >= 4 is 40.1 Å². The monoisotopic (exact) mass is 534 g/mol. The third-order valence-corrected chi connectivity index (χ3v) is 6.66. The number of ether oxygens (including phenoxy) is 4. The van der Waals surface area contributed by atoms with E-state index in [1.54, 1.807) is 37.4 Å². The first-order valence-corrected chi connectivity index (χ1v) is 12.2. The SMILES string of the molecule is COc1ccc(C/C(C(=O)c2cc(OC)c(OC)c(OC)c2)=C(\C(=O)O)c2ccc3nsnc3c2)cc1C. The summed E-state index contributed by atoms with van der Waals surface area (Å²) in [5.41, 5.74) is 3.28. The number of rotatable bonds is 10. The Morgan fingerprint density at radius 3 is 2.03 bits per heavy atom. The van der Waals surface area contributed by atoms with E-state index in [0.29, 0.717) is 28.1 Å². The van der Waals surface area contributed by atoms with Gasteiger partial charge in [-0.25, -0.2) is 4.79 Å². The van der Waals surface area contributed by atoms with Crippen molar-refractivity contribution in [3.63, 3.8) is 0 Å². The van der Waals surface area contributed by atoms with Gasteiger partial charge in [0.1, 0.15) is 16.8 Å². The molecule has 3 aromatic carbocycles. The summed E-state index contributed by atoms with van der Waals surface area (Å²) in [4.78, 5) is 26.8. The second kappa shape index (κ2) is 11.3. The van der Waals surface area contributed by atoms with E-state index in [-0.39, 0.29) is 34.6 Å². The molecule has 0 saturated heterocycles. The van der Waals surface area contributed by atoms with Gasteiger partial charge in [0.2, 0.25) is 5.75 Å². The van der Waals surface area contributed by atoms with Crippen LogP contribution in [0.25, 0.3) is 16.6 Å². The standard InChI is InChI=1S/C28H26N2O7S/c1-15-10-16(6-9-22(15)34-2)11-19(25(28(32)33)17-7-8-20-21(12-17)30-38-29-20)26(31)18-13-23(35-3)27(37-5)24(14-18)36-4/h6-10,12-14H,11H2,1-5H3,(H,32,33)/b25-19+. The number of Topliss-reactive ketones (excluding diaryl/α,β-unsaturated/α-hetero) is 1. The van der Waals surface area contributed by atoms with E-state index in [0.717, 1.165) is 22.9 Å². The third kappa shape index (κ3) is 5.16. The van der Waals surface area contributed by atoms with Gasteiger partial charge in [-0.2, -0.15) is 8.75 Å². The van der Waals surface area contributed by atoms with Gasteiger partial charge in [-0.15, -0.1) is 0 Å². The number of aryl methyl sites for hydroxylation is 1. The van der Waals surface area contributed by atoms with Crippen LogP contribution >= 0.6 is 11.7 Å².